The van der Waals surface area contributed by atoms with Gasteiger partial charge in [0.05, 0.1) is 17.9 Å². The molecule has 0 aliphatic carbocycles. The maximum Gasteiger partial charge on any atom is 0.310 e. The SMILES string of the molecule is CCOC(=O)Cc1ccc(S(=O)(=O)N2CCN(C)CC2)cc1. The van der Waals surface area contributed by atoms with Crippen LogP contribution in [0.2, 0.25) is 0 Å². The quantitative estimate of drug-likeness (QED) is 0.746. The standard InChI is InChI=1S/C15H22N2O4S/c1-3-21-15(18)12-13-4-6-14(7-5-13)22(19,20)17-10-8-16(2)9-11-17/h4-7H,3,8-12H2,1-2H3. The van der Waals surface area contributed by atoms with Gasteiger partial charge in [-0.1, -0.05) is 12.1 Å². The lowest BCUT2D eigenvalue weighted by Crippen LogP contribution is -2.46. The van der Waals surface area contributed by atoms with Crippen molar-refractivity contribution in [1.29, 1.82) is 0 Å². The fourth-order valence-corrected chi connectivity index (χ4v) is 3.76. The molecule has 0 aromatic heterocycles. The van der Waals surface area contributed by atoms with Gasteiger partial charge >= 0.3 is 5.97 Å². The molecule has 1 fully saturated rings. The van der Waals surface area contributed by atoms with Gasteiger partial charge in [-0.05, 0) is 31.7 Å². The van der Waals surface area contributed by atoms with Crippen molar-refractivity contribution in [3.63, 3.8) is 0 Å². The number of carbonyl (C=O) groups is 1. The van der Waals surface area contributed by atoms with Crippen molar-refractivity contribution >= 4 is 16.0 Å². The summed E-state index contributed by atoms with van der Waals surface area (Å²) < 4.78 is 31.5. The lowest BCUT2D eigenvalue weighted by Gasteiger charge is -2.31. The van der Waals surface area contributed by atoms with Crippen LogP contribution in [0.3, 0.4) is 0 Å². The van der Waals surface area contributed by atoms with Crippen LogP contribution >= 0.6 is 0 Å². The number of piperazine rings is 1. The Morgan fingerprint density at radius 1 is 1.14 bits per heavy atom. The Balaban J connectivity index is 2.07. The third kappa shape index (κ3) is 4.06. The summed E-state index contributed by atoms with van der Waals surface area (Å²) in [5.74, 6) is -0.308. The summed E-state index contributed by atoms with van der Waals surface area (Å²) in [6.45, 7) is 4.57. The number of carbonyl (C=O) groups excluding carboxylic acids is 1. The van der Waals surface area contributed by atoms with Gasteiger partial charge in [0.25, 0.3) is 0 Å². The lowest BCUT2D eigenvalue weighted by molar-refractivity contribution is -0.142. The normalized spacial score (nSPS) is 17.4. The van der Waals surface area contributed by atoms with Crippen LogP contribution in [0.5, 0.6) is 0 Å². The Morgan fingerprint density at radius 2 is 1.73 bits per heavy atom. The van der Waals surface area contributed by atoms with Gasteiger partial charge < -0.3 is 9.64 Å². The molecule has 0 N–H and O–H groups in total. The van der Waals surface area contributed by atoms with Crippen LogP contribution in [-0.2, 0) is 26.0 Å². The van der Waals surface area contributed by atoms with Crippen LogP contribution in [0.25, 0.3) is 0 Å². The van der Waals surface area contributed by atoms with E-state index in [1.165, 1.54) is 4.31 Å². The van der Waals surface area contributed by atoms with E-state index in [4.69, 9.17) is 4.74 Å². The number of benzene rings is 1. The summed E-state index contributed by atoms with van der Waals surface area (Å²) >= 11 is 0. The Kier molecular flexibility index (Phi) is 5.55. The Hall–Kier alpha value is -1.44. The maximum atomic E-state index is 12.5. The van der Waals surface area contributed by atoms with Crippen molar-refractivity contribution < 1.29 is 17.9 Å². The molecule has 0 spiro atoms. The number of sulfonamides is 1. The van der Waals surface area contributed by atoms with E-state index >= 15 is 0 Å². The van der Waals surface area contributed by atoms with Gasteiger partial charge in [-0.15, -0.1) is 0 Å². The number of rotatable bonds is 5. The molecule has 1 heterocycles. The molecule has 0 radical (unpaired) electrons. The van der Waals surface area contributed by atoms with Crippen LogP contribution in [0.4, 0.5) is 0 Å². The van der Waals surface area contributed by atoms with Crippen molar-refractivity contribution in [2.24, 2.45) is 0 Å². The third-order valence-corrected chi connectivity index (χ3v) is 5.59. The highest BCUT2D eigenvalue weighted by atomic mass is 32.2. The molecule has 2 rings (SSSR count). The maximum absolute atomic E-state index is 12.5. The summed E-state index contributed by atoms with van der Waals surface area (Å²) in [6, 6.07) is 6.45. The number of ether oxygens (including phenoxy) is 1. The predicted molar refractivity (Wildman–Crippen MR) is 83.0 cm³/mol. The van der Waals surface area contributed by atoms with E-state index in [0.717, 1.165) is 18.7 Å². The fraction of sp³-hybridized carbons (Fsp3) is 0.533. The predicted octanol–water partition coefficient (Wildman–Crippen LogP) is 0.728. The van der Waals surface area contributed by atoms with Gasteiger partial charge in [-0.2, -0.15) is 4.31 Å². The summed E-state index contributed by atoms with van der Waals surface area (Å²) in [4.78, 5) is 13.8. The van der Waals surface area contributed by atoms with E-state index in [1.807, 2.05) is 7.05 Å². The Labute approximate surface area is 131 Å². The van der Waals surface area contributed by atoms with Gasteiger partial charge in [-0.3, -0.25) is 4.79 Å². The van der Waals surface area contributed by atoms with Crippen LogP contribution in [0.1, 0.15) is 12.5 Å². The van der Waals surface area contributed by atoms with E-state index < -0.39 is 10.0 Å². The van der Waals surface area contributed by atoms with Crippen molar-refractivity contribution in [2.45, 2.75) is 18.2 Å². The highest BCUT2D eigenvalue weighted by Crippen LogP contribution is 2.18. The van der Waals surface area contributed by atoms with Gasteiger partial charge in [0, 0.05) is 26.2 Å². The van der Waals surface area contributed by atoms with Crippen molar-refractivity contribution in [3.8, 4) is 0 Å². The molecule has 0 bridgehead atoms. The topological polar surface area (TPSA) is 66.9 Å². The third-order valence-electron chi connectivity index (χ3n) is 3.68. The smallest absolute Gasteiger partial charge is 0.310 e. The number of hydrogen-bond donors (Lipinski definition) is 0. The first-order valence-electron chi connectivity index (χ1n) is 7.36. The minimum atomic E-state index is -3.45. The minimum Gasteiger partial charge on any atom is -0.466 e. The average Bonchev–Trinajstić information content (AvgIpc) is 2.48. The zero-order valence-corrected chi connectivity index (χ0v) is 13.8. The molecule has 1 aromatic carbocycles. The van der Waals surface area contributed by atoms with E-state index in [1.54, 1.807) is 31.2 Å². The zero-order valence-electron chi connectivity index (χ0n) is 13.0. The fourth-order valence-electron chi connectivity index (χ4n) is 2.34. The molecular weight excluding hydrogens is 304 g/mol. The molecule has 0 saturated carbocycles. The van der Waals surface area contributed by atoms with Crippen LogP contribution in [-0.4, -0.2) is 63.4 Å². The van der Waals surface area contributed by atoms with Crippen molar-refractivity contribution in [1.82, 2.24) is 9.21 Å². The molecule has 122 valence electrons. The second-order valence-electron chi connectivity index (χ2n) is 5.33. The van der Waals surface area contributed by atoms with Crippen molar-refractivity contribution in [2.75, 3.05) is 39.8 Å². The molecule has 1 aromatic rings. The molecular formula is C15H22N2O4S. The number of likely N-dealkylation sites (N-methyl/N-ethyl adjacent to an activating group) is 1. The second-order valence-corrected chi connectivity index (χ2v) is 7.27. The molecule has 1 saturated heterocycles. The average molecular weight is 326 g/mol. The molecule has 1 aliphatic rings. The number of nitrogens with zero attached hydrogens (tertiary/aromatic N) is 2. The van der Waals surface area contributed by atoms with Crippen LogP contribution in [0, 0.1) is 0 Å². The van der Waals surface area contributed by atoms with Gasteiger partial charge in [0.15, 0.2) is 0 Å². The van der Waals surface area contributed by atoms with Gasteiger partial charge in [0.2, 0.25) is 10.0 Å². The first kappa shape index (κ1) is 16.9. The number of esters is 1. The van der Waals surface area contributed by atoms with E-state index in [2.05, 4.69) is 4.90 Å². The molecule has 0 atom stereocenters. The summed E-state index contributed by atoms with van der Waals surface area (Å²) in [7, 11) is -1.47. The van der Waals surface area contributed by atoms with Gasteiger partial charge in [-0.25, -0.2) is 8.42 Å². The van der Waals surface area contributed by atoms with Crippen LogP contribution < -0.4 is 0 Å². The zero-order chi connectivity index (χ0) is 16.2. The monoisotopic (exact) mass is 326 g/mol. The number of hydrogen-bond acceptors (Lipinski definition) is 5. The molecule has 0 amide bonds. The van der Waals surface area contributed by atoms with E-state index in [9.17, 15) is 13.2 Å². The first-order chi connectivity index (χ1) is 10.4. The Morgan fingerprint density at radius 3 is 2.27 bits per heavy atom. The van der Waals surface area contributed by atoms with E-state index in [-0.39, 0.29) is 17.3 Å². The molecule has 6 nitrogen and oxygen atoms in total. The summed E-state index contributed by atoms with van der Waals surface area (Å²) in [5, 5.41) is 0. The first-order valence-corrected chi connectivity index (χ1v) is 8.80. The molecule has 0 unspecified atom stereocenters. The highest BCUT2D eigenvalue weighted by Gasteiger charge is 2.27. The van der Waals surface area contributed by atoms with Gasteiger partial charge in [0.1, 0.15) is 0 Å². The summed E-state index contributed by atoms with van der Waals surface area (Å²) in [5.41, 5.74) is 0.746. The second kappa shape index (κ2) is 7.21. The highest BCUT2D eigenvalue weighted by molar-refractivity contribution is 7.89. The minimum absolute atomic E-state index is 0.155. The molecule has 22 heavy (non-hydrogen) atoms. The lowest BCUT2D eigenvalue weighted by atomic mass is 10.1. The molecule has 7 heteroatoms. The molecule has 1 aliphatic heterocycles. The Bertz CT molecular complexity index is 605. The largest absolute Gasteiger partial charge is 0.466 e. The van der Waals surface area contributed by atoms with E-state index in [0.29, 0.717) is 19.7 Å². The van der Waals surface area contributed by atoms with Crippen molar-refractivity contribution in [3.05, 3.63) is 29.8 Å². The summed E-state index contributed by atoms with van der Waals surface area (Å²) in [6.07, 6.45) is 0.155. The van der Waals surface area contributed by atoms with Crippen LogP contribution in [0.15, 0.2) is 29.2 Å².